The molecule has 0 aromatic carbocycles. The Morgan fingerprint density at radius 1 is 0.760 bits per heavy atom. The Hall–Kier alpha value is -1.42. The number of imide groups is 2. The van der Waals surface area contributed by atoms with Crippen LogP contribution in [0.3, 0.4) is 0 Å². The quantitative estimate of drug-likeness (QED) is 0.298. The molecule has 4 N–H and O–H groups in total. The van der Waals surface area contributed by atoms with E-state index in [-0.39, 0.29) is 24.0 Å². The summed E-state index contributed by atoms with van der Waals surface area (Å²) in [6.07, 6.45) is 4.50. The lowest BCUT2D eigenvalue weighted by atomic mass is 10.2. The third-order valence-corrected chi connectivity index (χ3v) is 5.16. The summed E-state index contributed by atoms with van der Waals surface area (Å²) in [5, 5.41) is 9.63. The lowest BCUT2D eigenvalue weighted by Crippen LogP contribution is -2.40. The van der Waals surface area contributed by atoms with E-state index in [2.05, 4.69) is 28.2 Å². The lowest BCUT2D eigenvalue weighted by molar-refractivity contribution is -0.120. The van der Waals surface area contributed by atoms with Crippen molar-refractivity contribution in [2.45, 2.75) is 46.0 Å². The molecule has 144 valence electrons. The van der Waals surface area contributed by atoms with Gasteiger partial charge in [-0.05, 0) is 6.42 Å². The molecule has 0 heterocycles. The van der Waals surface area contributed by atoms with Crippen LogP contribution in [0.2, 0.25) is 0 Å². The van der Waals surface area contributed by atoms with Crippen LogP contribution in [-0.4, -0.2) is 48.5 Å². The Morgan fingerprint density at radius 2 is 1.40 bits per heavy atom. The molecule has 0 aliphatic carbocycles. The molecule has 0 aromatic rings. The summed E-state index contributed by atoms with van der Waals surface area (Å²) in [5.41, 5.74) is 0. The van der Waals surface area contributed by atoms with Crippen molar-refractivity contribution < 1.29 is 19.2 Å². The van der Waals surface area contributed by atoms with Crippen molar-refractivity contribution in [2.24, 2.45) is 0 Å². The van der Waals surface area contributed by atoms with Crippen LogP contribution in [0.5, 0.6) is 0 Å². The minimum absolute atomic E-state index is 0.147. The summed E-state index contributed by atoms with van der Waals surface area (Å²) in [6.45, 7) is 4.72. The first kappa shape index (κ1) is 23.6. The van der Waals surface area contributed by atoms with Gasteiger partial charge in [0.25, 0.3) is 0 Å². The molecule has 25 heavy (non-hydrogen) atoms. The summed E-state index contributed by atoms with van der Waals surface area (Å²) in [4.78, 5) is 45.3. The van der Waals surface area contributed by atoms with Crippen molar-refractivity contribution in [1.29, 1.82) is 0 Å². The highest BCUT2D eigenvalue weighted by Gasteiger charge is 2.08. The van der Waals surface area contributed by atoms with Crippen molar-refractivity contribution in [3.63, 3.8) is 0 Å². The van der Waals surface area contributed by atoms with Gasteiger partial charge in [0.1, 0.15) is 0 Å². The maximum atomic E-state index is 11.6. The van der Waals surface area contributed by atoms with E-state index in [0.717, 1.165) is 25.7 Å². The molecule has 0 aliphatic heterocycles. The molecular formula is C15H28N4O4S2. The number of amides is 6. The highest BCUT2D eigenvalue weighted by molar-refractivity contribution is 8.76. The van der Waals surface area contributed by atoms with Crippen LogP contribution < -0.4 is 21.3 Å². The molecule has 0 bridgehead atoms. The Kier molecular flexibility index (Phi) is 15.2. The molecule has 0 saturated heterocycles. The second-order valence-electron chi connectivity index (χ2n) is 5.11. The number of urea groups is 2. The monoisotopic (exact) mass is 392 g/mol. The molecule has 0 spiro atoms. The van der Waals surface area contributed by atoms with Gasteiger partial charge in [-0.25, -0.2) is 9.59 Å². The maximum absolute atomic E-state index is 11.6. The molecule has 0 aliphatic rings. The Labute approximate surface area is 156 Å². The molecular weight excluding hydrogens is 364 g/mol. The average molecular weight is 393 g/mol. The average Bonchev–Trinajstić information content (AvgIpc) is 2.57. The number of unbranched alkanes of at least 4 members (excludes halogenated alkanes) is 3. The molecule has 10 heteroatoms. The zero-order chi connectivity index (χ0) is 18.9. The normalized spacial score (nSPS) is 10.0. The van der Waals surface area contributed by atoms with Crippen LogP contribution in [0.25, 0.3) is 0 Å². The fraction of sp³-hybridized carbons (Fsp3) is 0.733. The first-order valence-electron chi connectivity index (χ1n) is 8.39. The lowest BCUT2D eigenvalue weighted by Gasteiger charge is -2.07. The number of carbonyl (C=O) groups is 4. The van der Waals surface area contributed by atoms with E-state index in [1.54, 1.807) is 6.92 Å². The van der Waals surface area contributed by atoms with Gasteiger partial charge in [-0.15, -0.1) is 0 Å². The first-order valence-corrected chi connectivity index (χ1v) is 10.9. The summed E-state index contributed by atoms with van der Waals surface area (Å²) in [6, 6.07) is -0.989. The third kappa shape index (κ3) is 15.8. The molecule has 0 atom stereocenters. The first-order chi connectivity index (χ1) is 12.0. The van der Waals surface area contributed by atoms with Crippen molar-refractivity contribution in [3.8, 4) is 0 Å². The summed E-state index contributed by atoms with van der Waals surface area (Å²) in [5.74, 6) is 0.0339. The maximum Gasteiger partial charge on any atom is 0.321 e. The van der Waals surface area contributed by atoms with Gasteiger partial charge in [-0.2, -0.15) is 0 Å². The van der Waals surface area contributed by atoms with Gasteiger partial charge >= 0.3 is 12.1 Å². The van der Waals surface area contributed by atoms with Gasteiger partial charge < -0.3 is 10.6 Å². The zero-order valence-electron chi connectivity index (χ0n) is 14.8. The fourth-order valence-electron chi connectivity index (χ4n) is 1.58. The second kappa shape index (κ2) is 16.1. The van der Waals surface area contributed by atoms with E-state index in [1.165, 1.54) is 21.6 Å². The molecule has 0 unspecified atom stereocenters. The fourth-order valence-corrected chi connectivity index (χ4v) is 3.32. The molecule has 0 fully saturated rings. The minimum atomic E-state index is -0.522. The van der Waals surface area contributed by atoms with Crippen LogP contribution in [0.4, 0.5) is 9.59 Å². The number of nitrogens with one attached hydrogen (secondary N) is 4. The van der Waals surface area contributed by atoms with Crippen LogP contribution in [0.15, 0.2) is 0 Å². The van der Waals surface area contributed by atoms with Gasteiger partial charge in [-0.1, -0.05) is 54.7 Å². The second-order valence-corrected chi connectivity index (χ2v) is 7.69. The summed E-state index contributed by atoms with van der Waals surface area (Å²) < 4.78 is 0. The van der Waals surface area contributed by atoms with Crippen LogP contribution in [0, 0.1) is 0 Å². The number of hydrogen-bond acceptors (Lipinski definition) is 6. The van der Waals surface area contributed by atoms with E-state index in [4.69, 9.17) is 0 Å². The van der Waals surface area contributed by atoms with Gasteiger partial charge in [0.15, 0.2) is 0 Å². The number of hydrogen-bond donors (Lipinski definition) is 4. The molecule has 8 nitrogen and oxygen atoms in total. The van der Waals surface area contributed by atoms with Crippen LogP contribution in [0.1, 0.15) is 46.0 Å². The number of carbonyl (C=O) groups excluding carboxylic acids is 4. The van der Waals surface area contributed by atoms with Crippen molar-refractivity contribution in [3.05, 3.63) is 0 Å². The van der Waals surface area contributed by atoms with Gasteiger partial charge in [0.2, 0.25) is 11.8 Å². The van der Waals surface area contributed by atoms with Gasteiger partial charge in [-0.3, -0.25) is 20.2 Å². The predicted molar refractivity (Wildman–Crippen MR) is 102 cm³/mol. The SMILES string of the molecule is CCCCCCNC(=O)NC(=O)CSSCCNC(=O)NC(=O)CC. The van der Waals surface area contributed by atoms with Crippen molar-refractivity contribution in [1.82, 2.24) is 21.3 Å². The van der Waals surface area contributed by atoms with Gasteiger partial charge in [0.05, 0.1) is 5.75 Å². The summed E-state index contributed by atoms with van der Waals surface area (Å²) in [7, 11) is 2.69. The van der Waals surface area contributed by atoms with E-state index in [1.807, 2.05) is 0 Å². The third-order valence-electron chi connectivity index (χ3n) is 2.89. The molecule has 0 aromatic heterocycles. The topological polar surface area (TPSA) is 116 Å². The largest absolute Gasteiger partial charge is 0.338 e. The standard InChI is InChI=1S/C15H28N4O4S2/c1-3-5-6-7-8-16-14(22)19-13(21)11-25-24-10-9-17-15(23)18-12(20)4-2/h3-11H2,1-2H3,(H2,16,19,21,22)(H2,17,18,20,23). The minimum Gasteiger partial charge on any atom is -0.338 e. The van der Waals surface area contributed by atoms with Gasteiger partial charge in [0, 0.05) is 25.3 Å². The van der Waals surface area contributed by atoms with Crippen LogP contribution >= 0.6 is 21.6 Å². The Balaban J connectivity index is 3.53. The molecule has 0 saturated carbocycles. The highest BCUT2D eigenvalue weighted by Crippen LogP contribution is 2.19. The Bertz CT molecular complexity index is 436. The van der Waals surface area contributed by atoms with E-state index in [0.29, 0.717) is 18.8 Å². The van der Waals surface area contributed by atoms with E-state index < -0.39 is 12.1 Å². The van der Waals surface area contributed by atoms with E-state index in [9.17, 15) is 19.2 Å². The molecule has 0 radical (unpaired) electrons. The van der Waals surface area contributed by atoms with Crippen molar-refractivity contribution >= 4 is 45.5 Å². The van der Waals surface area contributed by atoms with E-state index >= 15 is 0 Å². The Morgan fingerprint density at radius 3 is 2.04 bits per heavy atom. The molecule has 6 amide bonds. The van der Waals surface area contributed by atoms with Crippen LogP contribution in [-0.2, 0) is 9.59 Å². The predicted octanol–water partition coefficient (Wildman–Crippen LogP) is 2.01. The smallest absolute Gasteiger partial charge is 0.321 e. The van der Waals surface area contributed by atoms with Crippen molar-refractivity contribution in [2.75, 3.05) is 24.6 Å². The molecule has 0 rings (SSSR count). The number of rotatable bonds is 12. The zero-order valence-corrected chi connectivity index (χ0v) is 16.4. The highest BCUT2D eigenvalue weighted by atomic mass is 33.1. The summed E-state index contributed by atoms with van der Waals surface area (Å²) >= 11 is 0.